The fourth-order valence-corrected chi connectivity index (χ4v) is 5.97. The van der Waals surface area contributed by atoms with Gasteiger partial charge in [0.1, 0.15) is 17.6 Å². The van der Waals surface area contributed by atoms with Gasteiger partial charge in [0, 0.05) is 42.5 Å². The van der Waals surface area contributed by atoms with Crippen molar-refractivity contribution in [3.63, 3.8) is 0 Å². The summed E-state index contributed by atoms with van der Waals surface area (Å²) in [4.78, 5) is 26.3. The van der Waals surface area contributed by atoms with Crippen molar-refractivity contribution < 1.29 is 9.53 Å². The Hall–Kier alpha value is -2.50. The molecule has 32 heavy (non-hydrogen) atoms. The molecule has 4 heterocycles. The van der Waals surface area contributed by atoms with Crippen molar-refractivity contribution in [1.82, 2.24) is 14.9 Å². The van der Waals surface area contributed by atoms with Gasteiger partial charge in [-0.1, -0.05) is 19.3 Å². The van der Waals surface area contributed by atoms with Crippen LogP contribution in [0.2, 0.25) is 0 Å². The molecule has 168 valence electrons. The standard InChI is InChI=1S/C24H29N5O2S/c1-16-12-28(8-9-29(16)24(30)21-14-32-15-26-21)23-19(11-25)18-7-10-31-13-20(18)22(27-23)17-5-3-2-4-6-17/h14-17H,2-10,12-13H2,1H3. The van der Waals surface area contributed by atoms with Gasteiger partial charge in [-0.15, -0.1) is 11.3 Å². The second kappa shape index (κ2) is 9.16. The van der Waals surface area contributed by atoms with Gasteiger partial charge in [-0.3, -0.25) is 4.79 Å². The molecule has 0 N–H and O–H groups in total. The number of ether oxygens (including phenoxy) is 1. The zero-order valence-electron chi connectivity index (χ0n) is 18.5. The van der Waals surface area contributed by atoms with E-state index in [1.807, 2.05) is 4.90 Å². The minimum atomic E-state index is -0.0163. The molecule has 8 heteroatoms. The van der Waals surface area contributed by atoms with Crippen molar-refractivity contribution in [2.24, 2.45) is 0 Å². The maximum atomic E-state index is 12.9. The molecule has 0 radical (unpaired) electrons. The number of hydrogen-bond donors (Lipinski definition) is 0. The molecule has 0 aromatic carbocycles. The average molecular weight is 452 g/mol. The van der Waals surface area contributed by atoms with Crippen molar-refractivity contribution >= 4 is 23.1 Å². The van der Waals surface area contributed by atoms with Crippen molar-refractivity contribution in [1.29, 1.82) is 5.26 Å². The third kappa shape index (κ3) is 3.89. The van der Waals surface area contributed by atoms with Crippen LogP contribution >= 0.6 is 11.3 Å². The molecule has 2 aromatic rings. The van der Waals surface area contributed by atoms with Crippen molar-refractivity contribution in [3.8, 4) is 6.07 Å². The molecule has 1 unspecified atom stereocenters. The summed E-state index contributed by atoms with van der Waals surface area (Å²) in [5, 5.41) is 11.9. The van der Waals surface area contributed by atoms with Crippen LogP contribution in [0, 0.1) is 11.3 Å². The molecule has 5 rings (SSSR count). The molecule has 1 atom stereocenters. The fraction of sp³-hybridized carbons (Fsp3) is 0.583. The van der Waals surface area contributed by atoms with Gasteiger partial charge in [-0.2, -0.15) is 5.26 Å². The highest BCUT2D eigenvalue weighted by Crippen LogP contribution is 2.39. The van der Waals surface area contributed by atoms with Crippen LogP contribution in [0.15, 0.2) is 10.9 Å². The lowest BCUT2D eigenvalue weighted by Crippen LogP contribution is -2.54. The van der Waals surface area contributed by atoms with E-state index < -0.39 is 0 Å². The summed E-state index contributed by atoms with van der Waals surface area (Å²) in [5.41, 5.74) is 6.36. The van der Waals surface area contributed by atoms with Gasteiger partial charge in [-0.25, -0.2) is 9.97 Å². The van der Waals surface area contributed by atoms with Crippen LogP contribution in [-0.4, -0.2) is 53.1 Å². The van der Waals surface area contributed by atoms with Crippen LogP contribution in [0.5, 0.6) is 0 Å². The fourth-order valence-electron chi connectivity index (χ4n) is 5.44. The Bertz CT molecular complexity index is 1030. The molecule has 7 nitrogen and oxygen atoms in total. The van der Waals surface area contributed by atoms with Crippen LogP contribution < -0.4 is 4.90 Å². The van der Waals surface area contributed by atoms with E-state index in [1.54, 1.807) is 10.9 Å². The molecule has 1 aliphatic carbocycles. The number of carbonyl (C=O) groups is 1. The first-order chi connectivity index (χ1) is 15.7. The number of carbonyl (C=O) groups excluding carboxylic acids is 1. The SMILES string of the molecule is CC1CN(c2nc(C3CCCCC3)c3c(c2C#N)CCOC3)CCN1C(=O)c1cscn1. The topological polar surface area (TPSA) is 82.4 Å². The number of aromatic nitrogens is 2. The van der Waals surface area contributed by atoms with E-state index in [0.717, 1.165) is 41.9 Å². The maximum absolute atomic E-state index is 12.9. The number of fused-ring (bicyclic) bond motifs is 1. The third-order valence-electron chi connectivity index (χ3n) is 7.11. The van der Waals surface area contributed by atoms with E-state index in [-0.39, 0.29) is 11.9 Å². The highest BCUT2D eigenvalue weighted by molar-refractivity contribution is 7.07. The first-order valence-corrected chi connectivity index (χ1v) is 12.6. The van der Waals surface area contributed by atoms with E-state index in [2.05, 4.69) is 22.9 Å². The largest absolute Gasteiger partial charge is 0.376 e. The highest BCUT2D eigenvalue weighted by Gasteiger charge is 2.33. The Balaban J connectivity index is 1.46. The monoisotopic (exact) mass is 451 g/mol. The molecule has 1 amide bonds. The minimum absolute atomic E-state index is 0.0163. The van der Waals surface area contributed by atoms with Gasteiger partial charge in [-0.05, 0) is 31.7 Å². The van der Waals surface area contributed by atoms with Crippen LogP contribution in [0.4, 0.5) is 5.82 Å². The predicted octanol–water partition coefficient (Wildman–Crippen LogP) is 3.88. The Kier molecular flexibility index (Phi) is 6.11. The summed E-state index contributed by atoms with van der Waals surface area (Å²) in [6, 6.07) is 2.49. The van der Waals surface area contributed by atoms with Gasteiger partial charge in [0.15, 0.2) is 0 Å². The summed E-state index contributed by atoms with van der Waals surface area (Å²) in [6.45, 7) is 5.22. The Morgan fingerprint density at radius 3 is 2.81 bits per heavy atom. The number of nitriles is 1. The number of amides is 1. The van der Waals surface area contributed by atoms with Crippen LogP contribution in [0.1, 0.15) is 77.8 Å². The van der Waals surface area contributed by atoms with Gasteiger partial charge < -0.3 is 14.5 Å². The van der Waals surface area contributed by atoms with E-state index in [1.165, 1.54) is 30.6 Å². The molecule has 2 aliphatic heterocycles. The van der Waals surface area contributed by atoms with Crippen molar-refractivity contribution in [2.75, 3.05) is 31.1 Å². The van der Waals surface area contributed by atoms with E-state index in [9.17, 15) is 10.1 Å². The molecule has 0 spiro atoms. The number of anilines is 1. The highest BCUT2D eigenvalue weighted by atomic mass is 32.1. The van der Waals surface area contributed by atoms with Gasteiger partial charge in [0.05, 0.1) is 30.0 Å². The molecule has 0 bridgehead atoms. The first kappa shape index (κ1) is 21.4. The van der Waals surface area contributed by atoms with Gasteiger partial charge >= 0.3 is 0 Å². The van der Waals surface area contributed by atoms with E-state index in [4.69, 9.17) is 9.72 Å². The van der Waals surface area contributed by atoms with Crippen LogP contribution in [0.25, 0.3) is 0 Å². The summed E-state index contributed by atoms with van der Waals surface area (Å²) in [6.07, 6.45) is 6.88. The normalized spacial score (nSPS) is 21.8. The minimum Gasteiger partial charge on any atom is -0.376 e. The predicted molar refractivity (Wildman–Crippen MR) is 123 cm³/mol. The van der Waals surface area contributed by atoms with Crippen LogP contribution in [0.3, 0.4) is 0 Å². The lowest BCUT2D eigenvalue weighted by atomic mass is 9.82. The first-order valence-electron chi connectivity index (χ1n) is 11.6. The number of nitrogens with zero attached hydrogens (tertiary/aromatic N) is 5. The number of thiazole rings is 1. The molecular formula is C24H29N5O2S. The van der Waals surface area contributed by atoms with Crippen molar-refractivity contribution in [2.45, 2.75) is 64.0 Å². The number of piperazine rings is 1. The number of hydrogen-bond acceptors (Lipinski definition) is 7. The molecule has 3 aliphatic rings. The Morgan fingerprint density at radius 2 is 2.09 bits per heavy atom. The third-order valence-corrected chi connectivity index (χ3v) is 7.70. The lowest BCUT2D eigenvalue weighted by Gasteiger charge is -2.41. The molecule has 2 aromatic heterocycles. The summed E-state index contributed by atoms with van der Waals surface area (Å²) in [5.74, 6) is 1.24. The van der Waals surface area contributed by atoms with Crippen molar-refractivity contribution in [3.05, 3.63) is 39.0 Å². The molecule has 2 fully saturated rings. The van der Waals surface area contributed by atoms with Crippen LogP contribution in [-0.2, 0) is 17.8 Å². The maximum Gasteiger partial charge on any atom is 0.273 e. The zero-order chi connectivity index (χ0) is 22.1. The second-order valence-corrected chi connectivity index (χ2v) is 9.79. The summed E-state index contributed by atoms with van der Waals surface area (Å²) in [7, 11) is 0. The smallest absolute Gasteiger partial charge is 0.273 e. The second-order valence-electron chi connectivity index (χ2n) is 9.07. The number of pyridine rings is 1. The summed E-state index contributed by atoms with van der Waals surface area (Å²) >= 11 is 1.44. The van der Waals surface area contributed by atoms with E-state index in [0.29, 0.717) is 50.0 Å². The molecule has 1 saturated heterocycles. The number of rotatable bonds is 3. The quantitative estimate of drug-likeness (QED) is 0.704. The molecule has 1 saturated carbocycles. The summed E-state index contributed by atoms with van der Waals surface area (Å²) < 4.78 is 5.79. The van der Waals surface area contributed by atoms with Gasteiger partial charge in [0.25, 0.3) is 5.91 Å². The Labute approximate surface area is 193 Å². The zero-order valence-corrected chi connectivity index (χ0v) is 19.4. The lowest BCUT2D eigenvalue weighted by molar-refractivity contribution is 0.0668. The van der Waals surface area contributed by atoms with Gasteiger partial charge in [0.2, 0.25) is 0 Å². The average Bonchev–Trinajstić information content (AvgIpc) is 3.38. The molecular weight excluding hydrogens is 422 g/mol. The van der Waals surface area contributed by atoms with E-state index >= 15 is 0 Å². The Morgan fingerprint density at radius 1 is 1.25 bits per heavy atom.